The fraction of sp³-hybridized carbons (Fsp3) is 0.154. The van der Waals surface area contributed by atoms with Gasteiger partial charge >= 0.3 is 5.97 Å². The number of hydrogen-bond acceptors (Lipinski definition) is 7. The number of rotatable bonds is 8. The number of nitrogens with zero attached hydrogens (tertiary/aromatic N) is 2. The Morgan fingerprint density at radius 1 is 1.17 bits per heavy atom. The zero-order chi connectivity index (χ0) is 25.8. The lowest BCUT2D eigenvalue weighted by Gasteiger charge is -2.15. The summed E-state index contributed by atoms with van der Waals surface area (Å²) < 4.78 is 18.1. The Morgan fingerprint density at radius 3 is 2.64 bits per heavy atom. The van der Waals surface area contributed by atoms with Gasteiger partial charge in [0.15, 0.2) is 17.2 Å². The highest BCUT2D eigenvalue weighted by Crippen LogP contribution is 2.38. The third-order valence-corrected chi connectivity index (χ3v) is 6.56. The van der Waals surface area contributed by atoms with Gasteiger partial charge < -0.3 is 14.2 Å². The molecule has 0 N–H and O–H groups in total. The largest absolute Gasteiger partial charge is 0.490 e. The molecule has 0 fully saturated rings. The number of nitro groups is 1. The second-order valence-electron chi connectivity index (χ2n) is 7.74. The van der Waals surface area contributed by atoms with Crippen LogP contribution in [0.1, 0.15) is 29.2 Å². The lowest BCUT2D eigenvalue weighted by atomic mass is 10.1. The standard InChI is InChI=1S/C26H20ClIN2O6/c1-3-34-23-13-16(11-19(27)24(23)35-14-18-6-4-5-7-20(18)28)12-21-26(31)36-25(29-21)17-8-9-22(30(32)33)15(2)10-17/h4-13H,3,14H2,1-2H3/b21-12-. The fourth-order valence-corrected chi connectivity index (χ4v) is 4.34. The first kappa shape index (κ1) is 25.6. The van der Waals surface area contributed by atoms with E-state index in [2.05, 4.69) is 27.6 Å². The number of carbonyl (C=O) groups excluding carboxylic acids is 1. The van der Waals surface area contributed by atoms with E-state index in [0.29, 0.717) is 46.4 Å². The van der Waals surface area contributed by atoms with E-state index < -0.39 is 10.9 Å². The van der Waals surface area contributed by atoms with E-state index in [4.69, 9.17) is 25.8 Å². The monoisotopic (exact) mass is 618 g/mol. The number of aliphatic imine (C=N–C) groups is 1. The van der Waals surface area contributed by atoms with Crippen molar-refractivity contribution >= 4 is 57.8 Å². The average molecular weight is 619 g/mol. The Bertz CT molecular complexity index is 1420. The Labute approximate surface area is 225 Å². The SMILES string of the molecule is CCOc1cc(/C=C2\N=C(c3ccc([N+](=O)[O-])c(C)c3)OC2=O)cc(Cl)c1OCc1ccccc1I. The van der Waals surface area contributed by atoms with Crippen LogP contribution in [0.3, 0.4) is 0 Å². The molecule has 0 aromatic heterocycles. The van der Waals surface area contributed by atoms with Crippen LogP contribution in [0, 0.1) is 20.6 Å². The second kappa shape index (κ2) is 11.1. The van der Waals surface area contributed by atoms with Crippen LogP contribution < -0.4 is 9.47 Å². The Morgan fingerprint density at radius 2 is 1.94 bits per heavy atom. The molecule has 0 radical (unpaired) electrons. The van der Waals surface area contributed by atoms with E-state index >= 15 is 0 Å². The lowest BCUT2D eigenvalue weighted by Crippen LogP contribution is -2.06. The van der Waals surface area contributed by atoms with Crippen molar-refractivity contribution in [3.63, 3.8) is 0 Å². The number of hydrogen-bond donors (Lipinski definition) is 0. The maximum Gasteiger partial charge on any atom is 0.363 e. The molecule has 1 heterocycles. The molecule has 3 aromatic rings. The molecule has 1 aliphatic heterocycles. The maximum absolute atomic E-state index is 12.5. The third-order valence-electron chi connectivity index (χ3n) is 5.23. The summed E-state index contributed by atoms with van der Waals surface area (Å²) in [7, 11) is 0. The predicted molar refractivity (Wildman–Crippen MR) is 145 cm³/mol. The van der Waals surface area contributed by atoms with Gasteiger partial charge in [0.2, 0.25) is 5.90 Å². The molecule has 184 valence electrons. The van der Waals surface area contributed by atoms with E-state index in [1.54, 1.807) is 25.1 Å². The summed E-state index contributed by atoms with van der Waals surface area (Å²) in [5, 5.41) is 11.4. The molecule has 4 rings (SSSR count). The molecule has 3 aromatic carbocycles. The molecule has 0 saturated heterocycles. The van der Waals surface area contributed by atoms with Crippen LogP contribution in [-0.4, -0.2) is 23.4 Å². The van der Waals surface area contributed by atoms with Gasteiger partial charge in [-0.2, -0.15) is 0 Å². The van der Waals surface area contributed by atoms with Crippen LogP contribution in [0.15, 0.2) is 65.3 Å². The quantitative estimate of drug-likeness (QED) is 0.0942. The Kier molecular flexibility index (Phi) is 7.90. The molecule has 0 unspecified atom stereocenters. The van der Waals surface area contributed by atoms with Crippen molar-refractivity contribution in [2.45, 2.75) is 20.5 Å². The Balaban J connectivity index is 1.62. The minimum atomic E-state index is -0.644. The van der Waals surface area contributed by atoms with Crippen molar-refractivity contribution in [1.29, 1.82) is 0 Å². The van der Waals surface area contributed by atoms with E-state index in [9.17, 15) is 14.9 Å². The van der Waals surface area contributed by atoms with Crippen molar-refractivity contribution in [1.82, 2.24) is 0 Å². The molecule has 1 aliphatic rings. The fourth-order valence-electron chi connectivity index (χ4n) is 3.52. The van der Waals surface area contributed by atoms with E-state index in [1.165, 1.54) is 18.2 Å². The van der Waals surface area contributed by atoms with Gasteiger partial charge in [0.05, 0.1) is 16.6 Å². The summed E-state index contributed by atoms with van der Waals surface area (Å²) >= 11 is 8.78. The van der Waals surface area contributed by atoms with E-state index in [1.807, 2.05) is 31.2 Å². The summed E-state index contributed by atoms with van der Waals surface area (Å²) in [6.07, 6.45) is 1.53. The minimum Gasteiger partial charge on any atom is -0.490 e. The number of nitro benzene ring substituents is 1. The second-order valence-corrected chi connectivity index (χ2v) is 9.31. The normalized spacial score (nSPS) is 13.9. The molecule has 0 amide bonds. The Hall–Kier alpha value is -3.44. The number of esters is 1. The van der Waals surface area contributed by atoms with Gasteiger partial charge in [-0.15, -0.1) is 0 Å². The van der Waals surface area contributed by atoms with Crippen molar-refractivity contribution < 1.29 is 23.9 Å². The van der Waals surface area contributed by atoms with Crippen LogP contribution in [0.5, 0.6) is 11.5 Å². The van der Waals surface area contributed by atoms with Crippen molar-refractivity contribution in [3.8, 4) is 11.5 Å². The van der Waals surface area contributed by atoms with Crippen LogP contribution in [0.25, 0.3) is 6.08 Å². The topological polar surface area (TPSA) is 100 Å². The summed E-state index contributed by atoms with van der Waals surface area (Å²) in [6, 6.07) is 15.6. The highest BCUT2D eigenvalue weighted by atomic mass is 127. The number of halogens is 2. The summed E-state index contributed by atoms with van der Waals surface area (Å²) in [4.78, 5) is 27.4. The van der Waals surface area contributed by atoms with Crippen molar-refractivity contribution in [2.24, 2.45) is 4.99 Å². The molecule has 8 nitrogen and oxygen atoms in total. The lowest BCUT2D eigenvalue weighted by molar-refractivity contribution is -0.385. The average Bonchev–Trinajstić information content (AvgIpc) is 3.19. The molecular weight excluding hydrogens is 599 g/mol. The zero-order valence-electron chi connectivity index (χ0n) is 19.3. The molecular formula is C26H20ClIN2O6. The van der Waals surface area contributed by atoms with Gasteiger partial charge in [0.25, 0.3) is 5.69 Å². The molecule has 0 aliphatic carbocycles. The van der Waals surface area contributed by atoms with Gasteiger partial charge in [0, 0.05) is 26.3 Å². The van der Waals surface area contributed by atoms with Gasteiger partial charge in [-0.05, 0) is 78.4 Å². The molecule has 0 saturated carbocycles. The molecule has 0 spiro atoms. The number of ether oxygens (including phenoxy) is 3. The van der Waals surface area contributed by atoms with Crippen molar-refractivity contribution in [2.75, 3.05) is 6.61 Å². The smallest absolute Gasteiger partial charge is 0.363 e. The van der Waals surface area contributed by atoms with Gasteiger partial charge in [-0.25, -0.2) is 9.79 Å². The summed E-state index contributed by atoms with van der Waals surface area (Å²) in [6.45, 7) is 4.16. The number of cyclic esters (lactones) is 1. The molecule has 0 bridgehead atoms. The molecule has 0 atom stereocenters. The first-order chi connectivity index (χ1) is 17.3. The van der Waals surface area contributed by atoms with Gasteiger partial charge in [-0.1, -0.05) is 29.8 Å². The first-order valence-corrected chi connectivity index (χ1v) is 12.3. The van der Waals surface area contributed by atoms with Crippen LogP contribution >= 0.6 is 34.2 Å². The molecule has 10 heteroatoms. The molecule has 36 heavy (non-hydrogen) atoms. The van der Waals surface area contributed by atoms with Gasteiger partial charge in [-0.3, -0.25) is 10.1 Å². The maximum atomic E-state index is 12.5. The zero-order valence-corrected chi connectivity index (χ0v) is 22.2. The van der Waals surface area contributed by atoms with Gasteiger partial charge in [0.1, 0.15) is 6.61 Å². The van der Waals surface area contributed by atoms with Crippen molar-refractivity contribution in [3.05, 3.63) is 101 Å². The number of benzene rings is 3. The third kappa shape index (κ3) is 5.68. The van der Waals surface area contributed by atoms with Crippen LogP contribution in [0.4, 0.5) is 5.69 Å². The summed E-state index contributed by atoms with van der Waals surface area (Å²) in [5.74, 6) is 0.260. The number of aryl methyl sites for hydroxylation is 1. The number of carbonyl (C=O) groups is 1. The van der Waals surface area contributed by atoms with E-state index in [0.717, 1.165) is 9.13 Å². The van der Waals surface area contributed by atoms with Crippen LogP contribution in [0.2, 0.25) is 5.02 Å². The van der Waals surface area contributed by atoms with Crippen LogP contribution in [-0.2, 0) is 16.1 Å². The summed E-state index contributed by atoms with van der Waals surface area (Å²) in [5.41, 5.74) is 2.51. The first-order valence-electron chi connectivity index (χ1n) is 10.9. The minimum absolute atomic E-state index is 0.0261. The van der Waals surface area contributed by atoms with E-state index in [-0.39, 0.29) is 17.3 Å². The highest BCUT2D eigenvalue weighted by Gasteiger charge is 2.26. The highest BCUT2D eigenvalue weighted by molar-refractivity contribution is 14.1. The predicted octanol–water partition coefficient (Wildman–Crippen LogP) is 6.48.